The van der Waals surface area contributed by atoms with Crippen LogP contribution in [0.2, 0.25) is 0 Å². The molecule has 3 heterocycles. The molecule has 0 aromatic carbocycles. The minimum absolute atomic E-state index is 0. The van der Waals surface area contributed by atoms with Crippen LogP contribution in [0, 0.1) is 0 Å². The molecule has 0 aliphatic carbocycles. The van der Waals surface area contributed by atoms with Crippen molar-refractivity contribution in [3.8, 4) is 0 Å². The Kier molecular flexibility index (Phi) is 24.7. The Bertz CT molecular complexity index is 1480. The van der Waals surface area contributed by atoms with Crippen molar-refractivity contribution in [3.63, 3.8) is 0 Å². The summed E-state index contributed by atoms with van der Waals surface area (Å²) in [5, 5.41) is 66.8. The van der Waals surface area contributed by atoms with Gasteiger partial charge in [-0.25, -0.2) is 16.8 Å². The van der Waals surface area contributed by atoms with Gasteiger partial charge in [0, 0.05) is 26.4 Å². The normalized spacial score (nSPS) is 35.6. The van der Waals surface area contributed by atoms with Crippen LogP contribution in [0.1, 0.15) is 65.2 Å². The number of aliphatic hydroxyl groups excluding tert-OH is 5. The Morgan fingerprint density at radius 2 is 1.40 bits per heavy atom. The van der Waals surface area contributed by atoms with Crippen LogP contribution in [0.4, 0.5) is 0 Å². The number of carbonyl (C=O) groups excluding carboxylic acids is 2. The largest absolute Gasteiger partial charge is 1.00 e. The summed E-state index contributed by atoms with van der Waals surface area (Å²) < 4.78 is 116. The fourth-order valence-corrected chi connectivity index (χ4v) is 7.49. The molecule has 3 fully saturated rings. The van der Waals surface area contributed by atoms with Crippen LogP contribution in [0.3, 0.4) is 0 Å². The number of amides is 1. The Hall–Kier alpha value is 0.200. The first-order chi connectivity index (χ1) is 26.1. The quantitative estimate of drug-likeness (QED) is 0.0140. The van der Waals surface area contributed by atoms with Crippen molar-refractivity contribution in [2.45, 2.75) is 151 Å². The van der Waals surface area contributed by atoms with E-state index < -0.39 is 132 Å². The molecule has 3 aliphatic rings. The number of ether oxygens (including phenoxy) is 7. The van der Waals surface area contributed by atoms with Crippen LogP contribution in [0.5, 0.6) is 0 Å². The first-order valence-corrected chi connectivity index (χ1v) is 20.3. The summed E-state index contributed by atoms with van der Waals surface area (Å²) in [6.07, 6.45) is -21.0. The van der Waals surface area contributed by atoms with Crippen LogP contribution in [-0.4, -0.2) is 181 Å². The fraction of sp³-hybridized carbons (Fsp3) is 0.933. The van der Waals surface area contributed by atoms with E-state index in [0.29, 0.717) is 19.3 Å². The number of esters is 1. The van der Waals surface area contributed by atoms with Gasteiger partial charge in [-0.05, 0) is 19.8 Å². The van der Waals surface area contributed by atoms with Crippen LogP contribution in [0.25, 0.3) is 0 Å². The number of carbonyl (C=O) groups is 2. The third-order valence-corrected chi connectivity index (χ3v) is 10.1. The summed E-state index contributed by atoms with van der Waals surface area (Å²) in [6.45, 7) is 0.0952. The molecule has 328 valence electrons. The van der Waals surface area contributed by atoms with Crippen LogP contribution >= 0.6 is 0 Å². The molecular formula is C30H51NNa2O23S2. The maximum Gasteiger partial charge on any atom is 1.00 e. The van der Waals surface area contributed by atoms with Gasteiger partial charge in [0.25, 0.3) is 0 Å². The number of hydrogen-bond donors (Lipinski definition) is 7. The monoisotopic (exact) mass is 903 g/mol. The first-order valence-electron chi connectivity index (χ1n) is 17.6. The smallest absolute Gasteiger partial charge is 0.726 e. The third-order valence-electron chi connectivity index (χ3n) is 9.11. The average Bonchev–Trinajstić information content (AvgIpc) is 3.10. The van der Waals surface area contributed by atoms with Crippen molar-refractivity contribution in [2.75, 3.05) is 26.9 Å². The molecule has 14 atom stereocenters. The molecule has 3 saturated heterocycles. The van der Waals surface area contributed by atoms with Gasteiger partial charge in [-0.15, -0.1) is 0 Å². The Balaban J connectivity index is 0.00000841. The van der Waals surface area contributed by atoms with E-state index in [0.717, 1.165) is 33.1 Å². The number of methoxy groups -OCH3 is 1. The van der Waals surface area contributed by atoms with E-state index in [-0.39, 0.29) is 78.1 Å². The molecule has 0 spiro atoms. The summed E-state index contributed by atoms with van der Waals surface area (Å²) in [5.74, 6) is -1.24. The Morgan fingerprint density at radius 1 is 0.810 bits per heavy atom. The molecule has 58 heavy (non-hydrogen) atoms. The van der Waals surface area contributed by atoms with Gasteiger partial charge in [-0.3, -0.25) is 18.0 Å². The van der Waals surface area contributed by atoms with Crippen molar-refractivity contribution in [3.05, 3.63) is 0 Å². The average molecular weight is 904 g/mol. The molecule has 0 aromatic heterocycles. The molecule has 24 nitrogen and oxygen atoms in total. The zero-order valence-corrected chi connectivity index (χ0v) is 38.4. The summed E-state index contributed by atoms with van der Waals surface area (Å²) in [5.41, 5.74) is -2.85. The third kappa shape index (κ3) is 16.7. The van der Waals surface area contributed by atoms with Crippen molar-refractivity contribution < 1.29 is 167 Å². The zero-order chi connectivity index (χ0) is 42.0. The molecule has 0 bridgehead atoms. The first kappa shape index (κ1) is 56.2. The number of hydrogen-bond acceptors (Lipinski definition) is 23. The standard InChI is InChI=1S/C30H53NO23S2.2Na/c1-15-25(54-56(43,44)45)23(37)24(38)28(48-15)52-27-26(51-21-12-17(53-55(40,41)42)22(36)18(13-32)49-21)19(14-33)50-29(30(27,39)31-16(2)34)47-11-9-7-5-4-6-8-10-20(35)46-3;;/h15,17-19,21-29,32-33,36-39H,4-14H2,1-3H3,(H,31,34)(H,40,41,42)(H,43,44,45);;/q;2*+1/p-2/t15-,17+,18+,19+,21-,22+,23-,24-,25+,26+,27-,28-,29+,30+;;/m0../s1. The minimum atomic E-state index is -5.43. The molecule has 28 heteroatoms. The molecule has 3 rings (SSSR count). The minimum Gasteiger partial charge on any atom is -0.726 e. The van der Waals surface area contributed by atoms with E-state index >= 15 is 0 Å². The number of unbranched alkanes of at least 4 members (excludes halogenated alkanes) is 5. The molecular weight excluding hydrogens is 852 g/mol. The van der Waals surface area contributed by atoms with Crippen molar-refractivity contribution in [1.82, 2.24) is 5.32 Å². The predicted molar refractivity (Wildman–Crippen MR) is 176 cm³/mol. The van der Waals surface area contributed by atoms with E-state index in [1.54, 1.807) is 0 Å². The zero-order valence-electron chi connectivity index (χ0n) is 32.7. The maximum atomic E-state index is 12.6. The summed E-state index contributed by atoms with van der Waals surface area (Å²) in [7, 11) is -9.56. The van der Waals surface area contributed by atoms with Crippen molar-refractivity contribution in [2.24, 2.45) is 0 Å². The maximum absolute atomic E-state index is 12.6. The van der Waals surface area contributed by atoms with Crippen LogP contribution in [-0.2, 0) is 71.9 Å². The predicted octanol–water partition coefficient (Wildman–Crippen LogP) is -10.1. The molecule has 7 N–H and O–H groups in total. The molecule has 0 saturated carbocycles. The Labute approximate surface area is 379 Å². The van der Waals surface area contributed by atoms with Gasteiger partial charge < -0.3 is 78.2 Å². The number of nitrogens with one attached hydrogen (secondary N) is 1. The van der Waals surface area contributed by atoms with Gasteiger partial charge in [0.15, 0.2) is 12.6 Å². The van der Waals surface area contributed by atoms with Gasteiger partial charge in [0.05, 0.1) is 26.4 Å². The molecule has 3 aliphatic heterocycles. The second-order valence-electron chi connectivity index (χ2n) is 13.4. The Morgan fingerprint density at radius 3 is 1.95 bits per heavy atom. The van der Waals surface area contributed by atoms with Crippen LogP contribution in [0.15, 0.2) is 0 Å². The topological polar surface area (TPSA) is 365 Å². The molecule has 0 aromatic rings. The summed E-state index contributed by atoms with van der Waals surface area (Å²) in [4.78, 5) is 23.9. The van der Waals surface area contributed by atoms with E-state index in [1.165, 1.54) is 7.11 Å². The SMILES string of the molecule is COC(=O)CCCCCCCCO[C@@H]1O[C@H](CO)[C@@H](O[C@H]2C[C@@H](OS(=O)(=O)[O-])[C@@H](O)[C@@H](CO)O2)[C@H](O[C@@H]2O[C@@H](C)[C@@H](OS(=O)(=O)[O-])[C@@H](O)[C@@H]2O)[C@]1(O)NC(C)=O.[Na+].[Na+]. The second kappa shape index (κ2) is 25.5. The van der Waals surface area contributed by atoms with Crippen molar-refractivity contribution in [1.29, 1.82) is 0 Å². The van der Waals surface area contributed by atoms with Gasteiger partial charge in [0.1, 0.15) is 54.9 Å². The van der Waals surface area contributed by atoms with Gasteiger partial charge in [-0.1, -0.05) is 25.7 Å². The number of aliphatic hydroxyl groups is 6. The molecule has 1 amide bonds. The second-order valence-corrected chi connectivity index (χ2v) is 15.4. The van der Waals surface area contributed by atoms with E-state index in [1.807, 2.05) is 0 Å². The summed E-state index contributed by atoms with van der Waals surface area (Å²) in [6, 6.07) is 0. The molecule has 0 radical (unpaired) electrons. The van der Waals surface area contributed by atoms with Crippen molar-refractivity contribution >= 4 is 32.7 Å². The van der Waals surface area contributed by atoms with E-state index in [4.69, 9.17) is 28.4 Å². The van der Waals surface area contributed by atoms with Gasteiger partial charge in [-0.2, -0.15) is 0 Å². The van der Waals surface area contributed by atoms with E-state index in [2.05, 4.69) is 18.4 Å². The number of rotatable bonds is 21. The molecule has 0 unspecified atom stereocenters. The van der Waals surface area contributed by atoms with E-state index in [9.17, 15) is 66.2 Å². The van der Waals surface area contributed by atoms with Gasteiger partial charge >= 0.3 is 65.1 Å². The van der Waals surface area contributed by atoms with Crippen LogP contribution < -0.4 is 64.4 Å². The van der Waals surface area contributed by atoms with Gasteiger partial charge in [0.2, 0.25) is 38.7 Å². The summed E-state index contributed by atoms with van der Waals surface area (Å²) >= 11 is 0. The fourth-order valence-electron chi connectivity index (χ4n) is 6.45.